The number of nitrogens with one attached hydrogen (secondary N) is 3. The van der Waals surface area contributed by atoms with Crippen LogP contribution in [0.2, 0.25) is 0 Å². The quantitative estimate of drug-likeness (QED) is 0.191. The minimum Gasteiger partial charge on any atom is -0.465 e. The number of benzene rings is 4. The van der Waals surface area contributed by atoms with Crippen LogP contribution in [0.1, 0.15) is 47.1 Å². The summed E-state index contributed by atoms with van der Waals surface area (Å²) in [6.07, 6.45) is -0.361. The zero-order valence-electron chi connectivity index (χ0n) is 25.0. The molecule has 0 aromatic heterocycles. The Bertz CT molecular complexity index is 1590. The van der Waals surface area contributed by atoms with E-state index in [2.05, 4.69) is 16.0 Å². The summed E-state index contributed by atoms with van der Waals surface area (Å²) in [4.78, 5) is 50.5. The van der Waals surface area contributed by atoms with Crippen molar-refractivity contribution in [1.29, 1.82) is 0 Å². The average Bonchev–Trinajstić information content (AvgIpc) is 3.01. The zero-order chi connectivity index (χ0) is 31.7. The molecule has 0 spiro atoms. The highest BCUT2D eigenvalue weighted by Crippen LogP contribution is 2.21. The van der Waals surface area contributed by atoms with Crippen LogP contribution in [0.4, 0.5) is 16.2 Å². The number of esters is 1. The normalized spacial score (nSPS) is 11.5. The van der Waals surface area contributed by atoms with Crippen molar-refractivity contribution in [3.05, 3.63) is 120 Å². The van der Waals surface area contributed by atoms with Crippen molar-refractivity contribution in [3.63, 3.8) is 0 Å². The van der Waals surface area contributed by atoms with Gasteiger partial charge in [-0.3, -0.25) is 14.9 Å². The SMILES string of the molecule is COC(=O)c1ccc(C(=O)N[C@H](Cc2ccc(-c3ccccc3)cc2)C(=O)Nc2ccc(NC(=O)OC(C)(C)C)cc2)cc1. The largest absolute Gasteiger partial charge is 0.465 e. The number of anilines is 2. The summed E-state index contributed by atoms with van der Waals surface area (Å²) in [5, 5.41) is 8.33. The molecule has 1 atom stereocenters. The Balaban J connectivity index is 1.49. The molecule has 4 aromatic carbocycles. The van der Waals surface area contributed by atoms with Gasteiger partial charge in [-0.2, -0.15) is 0 Å². The van der Waals surface area contributed by atoms with Crippen molar-refractivity contribution < 1.29 is 28.7 Å². The number of carbonyl (C=O) groups is 4. The highest BCUT2D eigenvalue weighted by molar-refractivity contribution is 6.02. The minimum absolute atomic E-state index is 0.227. The van der Waals surface area contributed by atoms with Gasteiger partial charge in [0.25, 0.3) is 5.91 Å². The molecule has 0 aliphatic heterocycles. The molecular weight excluding hydrogens is 558 g/mol. The van der Waals surface area contributed by atoms with E-state index in [1.54, 1.807) is 45.0 Å². The molecule has 0 heterocycles. The molecule has 0 aliphatic carbocycles. The average molecular weight is 594 g/mol. The molecule has 9 nitrogen and oxygen atoms in total. The molecule has 4 rings (SSSR count). The van der Waals surface area contributed by atoms with Crippen LogP contribution in [-0.2, 0) is 20.7 Å². The lowest BCUT2D eigenvalue weighted by Gasteiger charge is -2.20. The molecule has 9 heteroatoms. The molecule has 0 saturated carbocycles. The van der Waals surface area contributed by atoms with Crippen LogP contribution in [0.25, 0.3) is 11.1 Å². The second-order valence-corrected chi connectivity index (χ2v) is 11.1. The van der Waals surface area contributed by atoms with Gasteiger partial charge in [0.15, 0.2) is 0 Å². The summed E-state index contributed by atoms with van der Waals surface area (Å²) < 4.78 is 9.99. The Morgan fingerprint density at radius 2 is 1.23 bits per heavy atom. The fourth-order valence-electron chi connectivity index (χ4n) is 4.31. The van der Waals surface area contributed by atoms with Crippen molar-refractivity contribution in [3.8, 4) is 11.1 Å². The van der Waals surface area contributed by atoms with Gasteiger partial charge in [0.2, 0.25) is 5.91 Å². The van der Waals surface area contributed by atoms with Crippen LogP contribution in [0.15, 0.2) is 103 Å². The van der Waals surface area contributed by atoms with E-state index in [1.807, 2.05) is 54.6 Å². The van der Waals surface area contributed by atoms with E-state index in [0.29, 0.717) is 16.9 Å². The molecule has 0 bridgehead atoms. The molecule has 3 N–H and O–H groups in total. The lowest BCUT2D eigenvalue weighted by molar-refractivity contribution is -0.118. The maximum Gasteiger partial charge on any atom is 0.412 e. The molecule has 0 aliphatic rings. The van der Waals surface area contributed by atoms with Gasteiger partial charge in [0.1, 0.15) is 11.6 Å². The Kier molecular flexibility index (Phi) is 10.1. The minimum atomic E-state index is -0.926. The van der Waals surface area contributed by atoms with Gasteiger partial charge in [-0.05, 0) is 86.0 Å². The third-order valence-electron chi connectivity index (χ3n) is 6.49. The van der Waals surface area contributed by atoms with E-state index < -0.39 is 35.5 Å². The first-order chi connectivity index (χ1) is 21.0. The fraction of sp³-hybridized carbons (Fsp3) is 0.200. The molecule has 4 aromatic rings. The first-order valence-electron chi connectivity index (χ1n) is 14.1. The van der Waals surface area contributed by atoms with Gasteiger partial charge in [-0.1, -0.05) is 54.6 Å². The summed E-state index contributed by atoms with van der Waals surface area (Å²) in [6, 6.07) is 29.4. The Morgan fingerprint density at radius 1 is 0.682 bits per heavy atom. The molecule has 226 valence electrons. The Hall–Kier alpha value is -5.44. The predicted octanol–water partition coefficient (Wildman–Crippen LogP) is 6.47. The number of ether oxygens (including phenoxy) is 2. The summed E-state index contributed by atoms with van der Waals surface area (Å²) in [6.45, 7) is 5.32. The number of hydrogen-bond donors (Lipinski definition) is 3. The van der Waals surface area contributed by atoms with Crippen LogP contribution in [0.3, 0.4) is 0 Å². The fourth-order valence-corrected chi connectivity index (χ4v) is 4.31. The number of carbonyl (C=O) groups excluding carboxylic acids is 4. The Labute approximate surface area is 256 Å². The van der Waals surface area contributed by atoms with Crippen LogP contribution < -0.4 is 16.0 Å². The standard InChI is InChI=1S/C35H35N3O6/c1-35(2,3)44-34(42)37-29-20-18-28(19-21-29)36-32(40)30(38-31(39)26-14-16-27(17-15-26)33(41)43-4)22-23-10-12-25(13-11-23)24-8-6-5-7-9-24/h5-21,30H,22H2,1-4H3,(H,36,40)(H,37,42)(H,38,39)/t30-/m1/s1. The molecule has 0 fully saturated rings. The van der Waals surface area contributed by atoms with E-state index in [9.17, 15) is 19.2 Å². The van der Waals surface area contributed by atoms with Crippen molar-refractivity contribution in [2.24, 2.45) is 0 Å². The highest BCUT2D eigenvalue weighted by Gasteiger charge is 2.23. The second-order valence-electron chi connectivity index (χ2n) is 11.1. The van der Waals surface area contributed by atoms with Gasteiger partial charge in [0, 0.05) is 23.4 Å². The Morgan fingerprint density at radius 3 is 1.80 bits per heavy atom. The molecule has 0 saturated heterocycles. The smallest absolute Gasteiger partial charge is 0.412 e. The van der Waals surface area contributed by atoms with Gasteiger partial charge < -0.3 is 20.1 Å². The zero-order valence-corrected chi connectivity index (χ0v) is 25.0. The van der Waals surface area contributed by atoms with Crippen molar-refractivity contribution >= 4 is 35.3 Å². The lowest BCUT2D eigenvalue weighted by atomic mass is 10.00. The summed E-state index contributed by atoms with van der Waals surface area (Å²) in [5.74, 6) is -1.41. The first-order valence-corrected chi connectivity index (χ1v) is 14.1. The second kappa shape index (κ2) is 14.2. The third kappa shape index (κ3) is 9.03. The number of rotatable bonds is 9. The molecule has 44 heavy (non-hydrogen) atoms. The highest BCUT2D eigenvalue weighted by atomic mass is 16.6. The van der Waals surface area contributed by atoms with Crippen LogP contribution >= 0.6 is 0 Å². The summed E-state index contributed by atoms with van der Waals surface area (Å²) in [5.41, 5.74) is 3.88. The number of hydrogen-bond acceptors (Lipinski definition) is 6. The van der Waals surface area contributed by atoms with E-state index >= 15 is 0 Å². The number of methoxy groups -OCH3 is 1. The molecule has 0 unspecified atom stereocenters. The number of amides is 3. The lowest BCUT2D eigenvalue weighted by Crippen LogP contribution is -2.45. The van der Waals surface area contributed by atoms with Crippen molar-refractivity contribution in [2.75, 3.05) is 17.7 Å². The topological polar surface area (TPSA) is 123 Å². The van der Waals surface area contributed by atoms with Gasteiger partial charge in [0.05, 0.1) is 12.7 Å². The van der Waals surface area contributed by atoms with E-state index in [4.69, 9.17) is 9.47 Å². The van der Waals surface area contributed by atoms with Gasteiger partial charge >= 0.3 is 12.1 Å². The van der Waals surface area contributed by atoms with E-state index in [1.165, 1.54) is 31.4 Å². The van der Waals surface area contributed by atoms with Crippen LogP contribution in [0, 0.1) is 0 Å². The van der Waals surface area contributed by atoms with Crippen LogP contribution in [-0.4, -0.2) is 42.6 Å². The summed E-state index contributed by atoms with van der Waals surface area (Å²) >= 11 is 0. The third-order valence-corrected chi connectivity index (χ3v) is 6.49. The maximum atomic E-state index is 13.5. The van der Waals surface area contributed by atoms with E-state index in [-0.39, 0.29) is 12.0 Å². The van der Waals surface area contributed by atoms with Gasteiger partial charge in [-0.25, -0.2) is 9.59 Å². The maximum absolute atomic E-state index is 13.5. The van der Waals surface area contributed by atoms with Gasteiger partial charge in [-0.15, -0.1) is 0 Å². The first kappa shape index (κ1) is 31.5. The van der Waals surface area contributed by atoms with E-state index in [0.717, 1.165) is 16.7 Å². The van der Waals surface area contributed by atoms with Crippen LogP contribution in [0.5, 0.6) is 0 Å². The van der Waals surface area contributed by atoms with Crippen molar-refractivity contribution in [2.45, 2.75) is 38.8 Å². The molecular formula is C35H35N3O6. The monoisotopic (exact) mass is 593 g/mol. The predicted molar refractivity (Wildman–Crippen MR) is 170 cm³/mol. The molecule has 0 radical (unpaired) electrons. The summed E-state index contributed by atoms with van der Waals surface area (Å²) in [7, 11) is 1.28. The molecule has 3 amide bonds. The van der Waals surface area contributed by atoms with Crippen molar-refractivity contribution in [1.82, 2.24) is 5.32 Å².